The minimum Gasteiger partial charge on any atom is -0.490 e. The molecule has 2 heteroatoms. The van der Waals surface area contributed by atoms with E-state index in [1.165, 1.54) is 19.3 Å². The molecule has 96 valence electrons. The summed E-state index contributed by atoms with van der Waals surface area (Å²) < 4.78 is 6.07. The molecule has 0 spiro atoms. The standard InChI is InChI=1S/C16H21NO/c1-3-13-6-8-15(9-7-13)18-16-10-14(11-17)5-4-12(16)2/h4-5,10,13,15H,3,6-9H2,1-2H3. The maximum atomic E-state index is 8.92. The van der Waals surface area contributed by atoms with Crippen molar-refractivity contribution in [3.8, 4) is 11.8 Å². The minimum atomic E-state index is 0.334. The number of aryl methyl sites for hydroxylation is 1. The van der Waals surface area contributed by atoms with E-state index in [1.807, 2.05) is 25.1 Å². The SMILES string of the molecule is CCC1CCC(Oc2cc(C#N)ccc2C)CC1. The zero-order valence-electron chi connectivity index (χ0n) is 11.3. The molecule has 0 bridgehead atoms. The number of ether oxygens (including phenoxy) is 1. The van der Waals surface area contributed by atoms with Gasteiger partial charge in [-0.05, 0) is 56.2 Å². The fourth-order valence-corrected chi connectivity index (χ4v) is 2.63. The van der Waals surface area contributed by atoms with E-state index in [2.05, 4.69) is 13.0 Å². The van der Waals surface area contributed by atoms with E-state index in [0.29, 0.717) is 11.7 Å². The van der Waals surface area contributed by atoms with E-state index >= 15 is 0 Å². The molecule has 2 nitrogen and oxygen atoms in total. The first kappa shape index (κ1) is 13.0. The average molecular weight is 243 g/mol. The van der Waals surface area contributed by atoms with Crippen molar-refractivity contribution in [2.45, 2.75) is 52.1 Å². The van der Waals surface area contributed by atoms with Crippen molar-refractivity contribution in [3.05, 3.63) is 29.3 Å². The first-order valence-electron chi connectivity index (χ1n) is 6.90. The lowest BCUT2D eigenvalue weighted by atomic mass is 9.86. The van der Waals surface area contributed by atoms with Crippen molar-refractivity contribution < 1.29 is 4.74 Å². The van der Waals surface area contributed by atoms with Crippen LogP contribution >= 0.6 is 0 Å². The Balaban J connectivity index is 2.00. The third kappa shape index (κ3) is 3.04. The van der Waals surface area contributed by atoms with Crippen molar-refractivity contribution >= 4 is 0 Å². The molecule has 0 aromatic heterocycles. The van der Waals surface area contributed by atoms with Crippen LogP contribution in [0.25, 0.3) is 0 Å². The lowest BCUT2D eigenvalue weighted by Gasteiger charge is -2.28. The van der Waals surface area contributed by atoms with Crippen LogP contribution < -0.4 is 4.74 Å². The van der Waals surface area contributed by atoms with Gasteiger partial charge >= 0.3 is 0 Å². The predicted molar refractivity (Wildman–Crippen MR) is 72.6 cm³/mol. The van der Waals surface area contributed by atoms with Crippen LogP contribution in [0.5, 0.6) is 5.75 Å². The van der Waals surface area contributed by atoms with Crippen LogP contribution in [0.15, 0.2) is 18.2 Å². The molecule has 0 heterocycles. The summed E-state index contributed by atoms with van der Waals surface area (Å²) in [6.07, 6.45) is 6.47. The molecule has 0 atom stereocenters. The highest BCUT2D eigenvalue weighted by molar-refractivity contribution is 5.41. The van der Waals surface area contributed by atoms with Crippen molar-refractivity contribution in [3.63, 3.8) is 0 Å². The summed E-state index contributed by atoms with van der Waals surface area (Å²) in [6.45, 7) is 4.31. The molecule has 1 aromatic carbocycles. The molecule has 0 radical (unpaired) electrons. The molecule has 0 saturated heterocycles. The second-order valence-electron chi connectivity index (χ2n) is 5.26. The van der Waals surface area contributed by atoms with Gasteiger partial charge < -0.3 is 4.74 Å². The lowest BCUT2D eigenvalue weighted by molar-refractivity contribution is 0.129. The predicted octanol–water partition coefficient (Wildman–Crippen LogP) is 4.21. The highest BCUT2D eigenvalue weighted by Crippen LogP contribution is 2.30. The number of rotatable bonds is 3. The smallest absolute Gasteiger partial charge is 0.123 e. The molecule has 1 aromatic rings. The van der Waals surface area contributed by atoms with Gasteiger partial charge in [0.05, 0.1) is 17.7 Å². The Labute approximate surface area is 110 Å². The molecule has 18 heavy (non-hydrogen) atoms. The molecule has 0 amide bonds. The zero-order valence-corrected chi connectivity index (χ0v) is 11.3. The van der Waals surface area contributed by atoms with E-state index < -0.39 is 0 Å². The van der Waals surface area contributed by atoms with Gasteiger partial charge in [-0.2, -0.15) is 5.26 Å². The Hall–Kier alpha value is -1.49. The Morgan fingerprint density at radius 1 is 1.28 bits per heavy atom. The summed E-state index contributed by atoms with van der Waals surface area (Å²) in [7, 11) is 0. The summed E-state index contributed by atoms with van der Waals surface area (Å²) in [6, 6.07) is 7.84. The Morgan fingerprint density at radius 2 is 2.00 bits per heavy atom. The first-order chi connectivity index (χ1) is 8.72. The fourth-order valence-electron chi connectivity index (χ4n) is 2.63. The molecule has 1 fully saturated rings. The molecule has 1 aliphatic rings. The maximum Gasteiger partial charge on any atom is 0.123 e. The number of nitriles is 1. The molecular weight excluding hydrogens is 222 g/mol. The van der Waals surface area contributed by atoms with Crippen LogP contribution in [0, 0.1) is 24.2 Å². The van der Waals surface area contributed by atoms with Gasteiger partial charge in [0, 0.05) is 0 Å². The van der Waals surface area contributed by atoms with E-state index in [-0.39, 0.29) is 0 Å². The largest absolute Gasteiger partial charge is 0.490 e. The van der Waals surface area contributed by atoms with Gasteiger partial charge in [0.2, 0.25) is 0 Å². The summed E-state index contributed by atoms with van der Waals surface area (Å²) in [4.78, 5) is 0. The topological polar surface area (TPSA) is 33.0 Å². The number of nitrogens with zero attached hydrogens (tertiary/aromatic N) is 1. The van der Waals surface area contributed by atoms with E-state index in [9.17, 15) is 0 Å². The van der Waals surface area contributed by atoms with Crippen LogP contribution in [0.1, 0.15) is 50.2 Å². The highest BCUT2D eigenvalue weighted by Gasteiger charge is 2.21. The summed E-state index contributed by atoms with van der Waals surface area (Å²) in [5.41, 5.74) is 1.80. The van der Waals surface area contributed by atoms with Gasteiger partial charge in [0.25, 0.3) is 0 Å². The van der Waals surface area contributed by atoms with Gasteiger partial charge in [0.15, 0.2) is 0 Å². The van der Waals surface area contributed by atoms with Gasteiger partial charge in [-0.3, -0.25) is 0 Å². The number of benzene rings is 1. The van der Waals surface area contributed by atoms with Gasteiger partial charge in [0.1, 0.15) is 5.75 Å². The lowest BCUT2D eigenvalue weighted by Crippen LogP contribution is -2.24. The highest BCUT2D eigenvalue weighted by atomic mass is 16.5. The van der Waals surface area contributed by atoms with Gasteiger partial charge in [-0.25, -0.2) is 0 Å². The monoisotopic (exact) mass is 243 g/mol. The second kappa shape index (κ2) is 5.91. The van der Waals surface area contributed by atoms with Crippen molar-refractivity contribution in [2.75, 3.05) is 0 Å². The van der Waals surface area contributed by atoms with Crippen molar-refractivity contribution in [1.82, 2.24) is 0 Å². The molecule has 0 aliphatic heterocycles. The molecular formula is C16H21NO. The van der Waals surface area contributed by atoms with Crippen LogP contribution in [0.3, 0.4) is 0 Å². The third-order valence-electron chi connectivity index (χ3n) is 3.98. The number of hydrogen-bond acceptors (Lipinski definition) is 2. The van der Waals surface area contributed by atoms with Gasteiger partial charge in [-0.1, -0.05) is 19.4 Å². The van der Waals surface area contributed by atoms with Crippen LogP contribution in [-0.2, 0) is 0 Å². The average Bonchev–Trinajstić information content (AvgIpc) is 2.42. The van der Waals surface area contributed by atoms with Crippen LogP contribution in [0.2, 0.25) is 0 Å². The maximum absolute atomic E-state index is 8.92. The Kier molecular flexibility index (Phi) is 4.25. The normalized spacial score (nSPS) is 23.4. The van der Waals surface area contributed by atoms with Crippen LogP contribution in [-0.4, -0.2) is 6.10 Å². The van der Waals surface area contributed by atoms with E-state index in [1.54, 1.807) is 0 Å². The van der Waals surface area contributed by atoms with Crippen molar-refractivity contribution in [2.24, 2.45) is 5.92 Å². The summed E-state index contributed by atoms with van der Waals surface area (Å²) in [5, 5.41) is 8.92. The Bertz CT molecular complexity index is 439. The summed E-state index contributed by atoms with van der Waals surface area (Å²) >= 11 is 0. The fraction of sp³-hybridized carbons (Fsp3) is 0.562. The number of hydrogen-bond donors (Lipinski definition) is 0. The second-order valence-corrected chi connectivity index (χ2v) is 5.26. The first-order valence-corrected chi connectivity index (χ1v) is 6.90. The van der Waals surface area contributed by atoms with Gasteiger partial charge in [-0.15, -0.1) is 0 Å². The molecule has 2 rings (SSSR count). The van der Waals surface area contributed by atoms with E-state index in [4.69, 9.17) is 10.00 Å². The summed E-state index contributed by atoms with van der Waals surface area (Å²) in [5.74, 6) is 1.77. The minimum absolute atomic E-state index is 0.334. The van der Waals surface area contributed by atoms with Crippen LogP contribution in [0.4, 0.5) is 0 Å². The Morgan fingerprint density at radius 3 is 2.61 bits per heavy atom. The van der Waals surface area contributed by atoms with Crippen molar-refractivity contribution in [1.29, 1.82) is 5.26 Å². The third-order valence-corrected chi connectivity index (χ3v) is 3.98. The molecule has 0 unspecified atom stereocenters. The quantitative estimate of drug-likeness (QED) is 0.796. The zero-order chi connectivity index (χ0) is 13.0. The van der Waals surface area contributed by atoms with E-state index in [0.717, 1.165) is 30.1 Å². The molecule has 1 aliphatic carbocycles. The molecule has 0 N–H and O–H groups in total. The molecule has 1 saturated carbocycles.